The fourth-order valence-electron chi connectivity index (χ4n) is 1.76. The van der Waals surface area contributed by atoms with E-state index in [1.807, 2.05) is 0 Å². The molecule has 0 saturated carbocycles. The van der Waals surface area contributed by atoms with Crippen LogP contribution in [0.1, 0.15) is 17.5 Å². The van der Waals surface area contributed by atoms with Crippen LogP contribution < -0.4 is 15.2 Å². The third-order valence-electron chi connectivity index (χ3n) is 2.75. The SMILES string of the molecule is CCOC(=O)c1nc(-c2cc(OC)c(OC)cc2N)n[nH]1. The molecule has 8 heteroatoms. The van der Waals surface area contributed by atoms with Crippen molar-refractivity contribution in [1.29, 1.82) is 0 Å². The van der Waals surface area contributed by atoms with Crippen LogP contribution in [0.5, 0.6) is 11.5 Å². The zero-order valence-corrected chi connectivity index (χ0v) is 12.0. The number of hydrogen-bond acceptors (Lipinski definition) is 7. The van der Waals surface area contributed by atoms with E-state index >= 15 is 0 Å². The highest BCUT2D eigenvalue weighted by atomic mass is 16.5. The van der Waals surface area contributed by atoms with Gasteiger partial charge in [0.2, 0.25) is 5.82 Å². The highest BCUT2D eigenvalue weighted by Crippen LogP contribution is 2.35. The molecule has 112 valence electrons. The molecule has 8 nitrogen and oxygen atoms in total. The van der Waals surface area contributed by atoms with Gasteiger partial charge in [-0.15, -0.1) is 0 Å². The maximum atomic E-state index is 11.6. The van der Waals surface area contributed by atoms with Crippen molar-refractivity contribution < 1.29 is 19.0 Å². The molecule has 0 saturated heterocycles. The van der Waals surface area contributed by atoms with E-state index in [9.17, 15) is 4.79 Å². The number of nitrogens with zero attached hydrogens (tertiary/aromatic N) is 2. The number of esters is 1. The highest BCUT2D eigenvalue weighted by Gasteiger charge is 2.17. The van der Waals surface area contributed by atoms with Gasteiger partial charge in [-0.25, -0.2) is 9.78 Å². The molecule has 0 unspecified atom stereocenters. The van der Waals surface area contributed by atoms with Gasteiger partial charge in [-0.05, 0) is 13.0 Å². The zero-order chi connectivity index (χ0) is 15.4. The number of H-pyrrole nitrogens is 1. The number of carbonyl (C=O) groups excluding carboxylic acids is 1. The van der Waals surface area contributed by atoms with Crippen LogP contribution in [0.2, 0.25) is 0 Å². The molecule has 0 atom stereocenters. The van der Waals surface area contributed by atoms with Gasteiger partial charge in [0.05, 0.1) is 20.8 Å². The van der Waals surface area contributed by atoms with E-state index in [1.165, 1.54) is 14.2 Å². The van der Waals surface area contributed by atoms with Crippen LogP contribution in [0.4, 0.5) is 5.69 Å². The number of rotatable bonds is 5. The van der Waals surface area contributed by atoms with Crippen molar-refractivity contribution in [3.63, 3.8) is 0 Å². The Hall–Kier alpha value is -2.77. The predicted octanol–water partition coefficient (Wildman–Crippen LogP) is 1.25. The summed E-state index contributed by atoms with van der Waals surface area (Å²) in [6.45, 7) is 1.97. The van der Waals surface area contributed by atoms with Crippen LogP contribution in [0.15, 0.2) is 12.1 Å². The molecule has 0 spiro atoms. The molecule has 1 aromatic carbocycles. The molecule has 0 bridgehead atoms. The molecule has 0 aliphatic carbocycles. The van der Waals surface area contributed by atoms with E-state index < -0.39 is 5.97 Å². The van der Waals surface area contributed by atoms with Crippen molar-refractivity contribution >= 4 is 11.7 Å². The molecule has 21 heavy (non-hydrogen) atoms. The first-order valence-electron chi connectivity index (χ1n) is 6.22. The first-order chi connectivity index (χ1) is 10.1. The molecule has 0 aliphatic heterocycles. The summed E-state index contributed by atoms with van der Waals surface area (Å²) in [6.07, 6.45) is 0. The Bertz CT molecular complexity index is 654. The predicted molar refractivity (Wildman–Crippen MR) is 75.3 cm³/mol. The second-order valence-electron chi connectivity index (χ2n) is 4.02. The van der Waals surface area contributed by atoms with Crippen molar-refractivity contribution in [1.82, 2.24) is 15.2 Å². The summed E-state index contributed by atoms with van der Waals surface area (Å²) in [5, 5.41) is 6.49. The number of ether oxygens (including phenoxy) is 3. The van der Waals surface area contributed by atoms with Crippen LogP contribution >= 0.6 is 0 Å². The second-order valence-corrected chi connectivity index (χ2v) is 4.02. The van der Waals surface area contributed by atoms with Gasteiger partial charge in [0.25, 0.3) is 0 Å². The zero-order valence-electron chi connectivity index (χ0n) is 12.0. The van der Waals surface area contributed by atoms with Crippen molar-refractivity contribution in [2.75, 3.05) is 26.6 Å². The number of aromatic amines is 1. The number of carbonyl (C=O) groups is 1. The van der Waals surface area contributed by atoms with E-state index in [0.29, 0.717) is 22.7 Å². The molecule has 2 aromatic rings. The van der Waals surface area contributed by atoms with Crippen LogP contribution in [0, 0.1) is 0 Å². The van der Waals surface area contributed by atoms with Crippen molar-refractivity contribution in [2.24, 2.45) is 0 Å². The fraction of sp³-hybridized carbons (Fsp3) is 0.308. The van der Waals surface area contributed by atoms with Crippen molar-refractivity contribution in [3.8, 4) is 22.9 Å². The minimum absolute atomic E-state index is 0.0148. The second kappa shape index (κ2) is 6.12. The Kier molecular flexibility index (Phi) is 4.27. The number of anilines is 1. The van der Waals surface area contributed by atoms with Crippen molar-refractivity contribution in [3.05, 3.63) is 18.0 Å². The number of nitrogen functional groups attached to an aromatic ring is 1. The number of aromatic nitrogens is 3. The lowest BCUT2D eigenvalue weighted by atomic mass is 10.1. The first kappa shape index (κ1) is 14.6. The Morgan fingerprint density at radius 3 is 2.57 bits per heavy atom. The Morgan fingerprint density at radius 1 is 1.29 bits per heavy atom. The van der Waals surface area contributed by atoms with Crippen LogP contribution in [-0.4, -0.2) is 42.0 Å². The average Bonchev–Trinajstić information content (AvgIpc) is 2.96. The quantitative estimate of drug-likeness (QED) is 0.629. The average molecular weight is 292 g/mol. The van der Waals surface area contributed by atoms with E-state index in [0.717, 1.165) is 0 Å². The van der Waals surface area contributed by atoms with E-state index in [1.54, 1.807) is 19.1 Å². The fourth-order valence-corrected chi connectivity index (χ4v) is 1.76. The number of methoxy groups -OCH3 is 2. The minimum atomic E-state index is -0.574. The minimum Gasteiger partial charge on any atom is -0.493 e. The summed E-state index contributed by atoms with van der Waals surface area (Å²) >= 11 is 0. The summed E-state index contributed by atoms with van der Waals surface area (Å²) in [5.74, 6) is 0.705. The van der Waals surface area contributed by atoms with Crippen LogP contribution in [0.3, 0.4) is 0 Å². The normalized spacial score (nSPS) is 10.2. The maximum Gasteiger partial charge on any atom is 0.375 e. The standard InChI is InChI=1S/C13H16N4O4/c1-4-21-13(18)12-15-11(16-17-12)7-5-9(19-2)10(20-3)6-8(7)14/h5-6H,4,14H2,1-3H3,(H,15,16,17). The molecular formula is C13H16N4O4. The summed E-state index contributed by atoms with van der Waals surface area (Å²) in [7, 11) is 3.03. The van der Waals surface area contributed by atoms with Crippen molar-refractivity contribution in [2.45, 2.75) is 6.92 Å². The lowest BCUT2D eigenvalue weighted by molar-refractivity contribution is 0.0512. The van der Waals surface area contributed by atoms with Crippen LogP contribution in [-0.2, 0) is 4.74 Å². The van der Waals surface area contributed by atoms with E-state index in [2.05, 4.69) is 15.2 Å². The lowest BCUT2D eigenvalue weighted by Crippen LogP contribution is -2.06. The molecule has 1 aromatic heterocycles. The van der Waals surface area contributed by atoms with Gasteiger partial charge in [-0.3, -0.25) is 5.10 Å². The smallest absolute Gasteiger partial charge is 0.375 e. The third-order valence-corrected chi connectivity index (χ3v) is 2.75. The molecule has 2 rings (SSSR count). The largest absolute Gasteiger partial charge is 0.493 e. The Balaban J connectivity index is 2.40. The van der Waals surface area contributed by atoms with Gasteiger partial charge in [0.15, 0.2) is 17.3 Å². The summed E-state index contributed by atoms with van der Waals surface area (Å²) in [5.41, 5.74) is 6.88. The Labute approximate surface area is 121 Å². The number of nitrogens with two attached hydrogens (primary N) is 1. The summed E-state index contributed by atoms with van der Waals surface area (Å²) < 4.78 is 15.2. The number of nitrogens with one attached hydrogen (secondary N) is 1. The lowest BCUT2D eigenvalue weighted by Gasteiger charge is -2.10. The monoisotopic (exact) mass is 292 g/mol. The van der Waals surface area contributed by atoms with Gasteiger partial charge < -0.3 is 19.9 Å². The van der Waals surface area contributed by atoms with Gasteiger partial charge in [-0.2, -0.15) is 5.10 Å². The number of hydrogen-bond donors (Lipinski definition) is 2. The molecular weight excluding hydrogens is 276 g/mol. The molecule has 1 heterocycles. The molecule has 0 amide bonds. The van der Waals surface area contributed by atoms with E-state index in [-0.39, 0.29) is 18.3 Å². The summed E-state index contributed by atoms with van der Waals surface area (Å²) in [6, 6.07) is 3.25. The van der Waals surface area contributed by atoms with Gasteiger partial charge in [0.1, 0.15) is 0 Å². The topological polar surface area (TPSA) is 112 Å². The van der Waals surface area contributed by atoms with Crippen LogP contribution in [0.25, 0.3) is 11.4 Å². The molecule has 3 N–H and O–H groups in total. The molecule has 0 radical (unpaired) electrons. The first-order valence-corrected chi connectivity index (χ1v) is 6.22. The van der Waals surface area contributed by atoms with Gasteiger partial charge in [0, 0.05) is 17.3 Å². The highest BCUT2D eigenvalue weighted by molar-refractivity contribution is 5.86. The summed E-state index contributed by atoms with van der Waals surface area (Å²) in [4.78, 5) is 15.6. The number of benzene rings is 1. The van der Waals surface area contributed by atoms with Gasteiger partial charge in [-0.1, -0.05) is 0 Å². The molecule has 0 fully saturated rings. The van der Waals surface area contributed by atoms with E-state index in [4.69, 9.17) is 19.9 Å². The van der Waals surface area contributed by atoms with Gasteiger partial charge >= 0.3 is 5.97 Å². The maximum absolute atomic E-state index is 11.6. The molecule has 0 aliphatic rings. The Morgan fingerprint density at radius 2 is 1.95 bits per heavy atom. The third kappa shape index (κ3) is 2.88.